The molecule has 8 nitrogen and oxygen atoms in total. The van der Waals surface area contributed by atoms with Gasteiger partial charge in [-0.25, -0.2) is 0 Å². The van der Waals surface area contributed by atoms with Gasteiger partial charge < -0.3 is 20.3 Å². The maximum Gasteiger partial charge on any atom is 0.308 e. The van der Waals surface area contributed by atoms with Crippen LogP contribution in [0.5, 0.6) is 0 Å². The molecule has 0 radical (unpaired) electrons. The smallest absolute Gasteiger partial charge is 0.308 e. The van der Waals surface area contributed by atoms with E-state index in [1.54, 1.807) is 0 Å². The molecule has 0 saturated carbocycles. The summed E-state index contributed by atoms with van der Waals surface area (Å²) in [5.74, 6) is -1.10. The summed E-state index contributed by atoms with van der Waals surface area (Å²) in [5.41, 5.74) is 2.83. The lowest BCUT2D eigenvalue weighted by Gasteiger charge is -2.36. The van der Waals surface area contributed by atoms with Crippen molar-refractivity contribution < 1.29 is 23.9 Å². The molecule has 8 heteroatoms. The lowest BCUT2D eigenvalue weighted by Crippen LogP contribution is -2.58. The third-order valence-corrected chi connectivity index (χ3v) is 6.90. The molecule has 2 aliphatic heterocycles. The number of nitrogens with zero attached hydrogens (tertiary/aromatic N) is 1. The number of carbonyl (C=O) groups is 4. The van der Waals surface area contributed by atoms with Gasteiger partial charge in [0, 0.05) is 31.5 Å². The molecule has 4 rings (SSSR count). The van der Waals surface area contributed by atoms with Crippen molar-refractivity contribution in [1.29, 1.82) is 0 Å². The summed E-state index contributed by atoms with van der Waals surface area (Å²) in [7, 11) is 1.26. The van der Waals surface area contributed by atoms with Gasteiger partial charge in [0.1, 0.15) is 6.04 Å². The molecule has 0 bridgehead atoms. The number of rotatable bonds is 8. The second-order valence-corrected chi connectivity index (χ2v) is 9.24. The normalized spacial score (nSPS) is 21.9. The SMILES string of the molecule is COC(=O)C[C@@H]1C(=O)NCCN1C(=O)CC[C@]1(Cc2ccc(-c3ccccc3)cc2)CCC(=O)N1. The zero-order valence-corrected chi connectivity index (χ0v) is 19.9. The summed E-state index contributed by atoms with van der Waals surface area (Å²) in [5, 5.41) is 5.83. The van der Waals surface area contributed by atoms with Gasteiger partial charge in [0.05, 0.1) is 13.5 Å². The van der Waals surface area contributed by atoms with E-state index in [1.165, 1.54) is 12.0 Å². The molecule has 0 aromatic heterocycles. The van der Waals surface area contributed by atoms with Crippen LogP contribution in [0.1, 0.15) is 37.7 Å². The highest BCUT2D eigenvalue weighted by atomic mass is 16.5. The first kappa shape index (κ1) is 24.4. The predicted molar refractivity (Wildman–Crippen MR) is 130 cm³/mol. The molecule has 3 amide bonds. The van der Waals surface area contributed by atoms with Gasteiger partial charge in [-0.05, 0) is 36.0 Å². The average molecular weight is 478 g/mol. The van der Waals surface area contributed by atoms with Gasteiger partial charge in [0.25, 0.3) is 0 Å². The number of amides is 3. The highest BCUT2D eigenvalue weighted by Crippen LogP contribution is 2.31. The number of hydrogen-bond donors (Lipinski definition) is 2. The topological polar surface area (TPSA) is 105 Å². The van der Waals surface area contributed by atoms with Gasteiger partial charge >= 0.3 is 5.97 Å². The second-order valence-electron chi connectivity index (χ2n) is 9.24. The molecule has 0 spiro atoms. The second kappa shape index (κ2) is 10.7. The van der Waals surface area contributed by atoms with Crippen LogP contribution in [-0.4, -0.2) is 60.4 Å². The summed E-state index contributed by atoms with van der Waals surface area (Å²) in [6.45, 7) is 0.685. The van der Waals surface area contributed by atoms with Crippen molar-refractivity contribution in [1.82, 2.24) is 15.5 Å². The highest BCUT2D eigenvalue weighted by molar-refractivity contribution is 5.92. The van der Waals surface area contributed by atoms with Crippen LogP contribution in [0.4, 0.5) is 0 Å². The first-order valence-electron chi connectivity index (χ1n) is 12.0. The van der Waals surface area contributed by atoms with E-state index in [0.29, 0.717) is 38.8 Å². The van der Waals surface area contributed by atoms with Crippen LogP contribution in [0.3, 0.4) is 0 Å². The Bertz CT molecular complexity index is 1090. The van der Waals surface area contributed by atoms with E-state index < -0.39 is 17.6 Å². The average Bonchev–Trinajstić information content (AvgIpc) is 3.25. The van der Waals surface area contributed by atoms with Gasteiger partial charge in [0.15, 0.2) is 0 Å². The minimum atomic E-state index is -0.872. The molecule has 2 fully saturated rings. The molecular weight excluding hydrogens is 446 g/mol. The Morgan fingerprint density at radius 1 is 1.06 bits per heavy atom. The molecule has 35 heavy (non-hydrogen) atoms. The van der Waals surface area contributed by atoms with Crippen LogP contribution < -0.4 is 10.6 Å². The molecule has 2 N–H and O–H groups in total. The van der Waals surface area contributed by atoms with Crippen LogP contribution in [-0.2, 0) is 30.3 Å². The Balaban J connectivity index is 1.44. The fourth-order valence-electron chi connectivity index (χ4n) is 4.97. The van der Waals surface area contributed by atoms with E-state index in [-0.39, 0.29) is 30.6 Å². The molecule has 184 valence electrons. The maximum atomic E-state index is 13.1. The molecule has 2 aromatic rings. The van der Waals surface area contributed by atoms with Gasteiger partial charge in [-0.2, -0.15) is 0 Å². The minimum absolute atomic E-state index is 0.0146. The summed E-state index contributed by atoms with van der Waals surface area (Å²) >= 11 is 0. The van der Waals surface area contributed by atoms with E-state index in [0.717, 1.165) is 16.7 Å². The number of benzene rings is 2. The molecule has 0 aliphatic carbocycles. The van der Waals surface area contributed by atoms with Crippen LogP contribution in [0, 0.1) is 0 Å². The van der Waals surface area contributed by atoms with Crippen molar-refractivity contribution in [3.63, 3.8) is 0 Å². The Morgan fingerprint density at radius 2 is 1.77 bits per heavy atom. The maximum absolute atomic E-state index is 13.1. The predicted octanol–water partition coefficient (Wildman–Crippen LogP) is 2.22. The van der Waals surface area contributed by atoms with Crippen molar-refractivity contribution in [2.45, 2.75) is 50.1 Å². The Hall–Kier alpha value is -3.68. The summed E-state index contributed by atoms with van der Waals surface area (Å²) in [4.78, 5) is 50.9. The van der Waals surface area contributed by atoms with Crippen molar-refractivity contribution in [2.75, 3.05) is 20.2 Å². The van der Waals surface area contributed by atoms with E-state index in [9.17, 15) is 19.2 Å². The van der Waals surface area contributed by atoms with Crippen molar-refractivity contribution >= 4 is 23.7 Å². The molecular formula is C27H31N3O5. The first-order chi connectivity index (χ1) is 16.9. The van der Waals surface area contributed by atoms with Gasteiger partial charge in [0.2, 0.25) is 17.7 Å². The molecule has 2 heterocycles. The third-order valence-electron chi connectivity index (χ3n) is 6.90. The minimum Gasteiger partial charge on any atom is -0.469 e. The lowest BCUT2D eigenvalue weighted by atomic mass is 9.84. The molecule has 2 atom stereocenters. The van der Waals surface area contributed by atoms with Crippen LogP contribution in [0.25, 0.3) is 11.1 Å². The highest BCUT2D eigenvalue weighted by Gasteiger charge is 2.40. The quantitative estimate of drug-likeness (QED) is 0.568. The summed E-state index contributed by atoms with van der Waals surface area (Å²) in [6.07, 6.45) is 2.14. The number of carbonyl (C=O) groups excluding carboxylic acids is 4. The largest absolute Gasteiger partial charge is 0.469 e. The van der Waals surface area contributed by atoms with E-state index in [1.807, 2.05) is 18.2 Å². The Kier molecular flexibility index (Phi) is 7.48. The Labute approximate surface area is 205 Å². The van der Waals surface area contributed by atoms with E-state index in [2.05, 4.69) is 47.0 Å². The standard InChI is InChI=1S/C27H31N3O5/c1-35-25(33)17-22-26(34)28-15-16-30(22)24(32)12-14-27(13-11-23(31)29-27)18-19-7-9-21(10-8-19)20-5-3-2-4-6-20/h2-10,22H,11-18H2,1H3,(H,28,34)(H,29,31)/t22-,27+/m1/s1. The zero-order valence-electron chi connectivity index (χ0n) is 19.9. The van der Waals surface area contributed by atoms with Gasteiger partial charge in [-0.1, -0.05) is 54.6 Å². The number of hydrogen-bond acceptors (Lipinski definition) is 5. The fraction of sp³-hybridized carbons (Fsp3) is 0.407. The van der Waals surface area contributed by atoms with Crippen molar-refractivity contribution in [3.8, 4) is 11.1 Å². The number of piperazine rings is 1. The summed E-state index contributed by atoms with van der Waals surface area (Å²) < 4.78 is 4.70. The van der Waals surface area contributed by atoms with Crippen LogP contribution >= 0.6 is 0 Å². The molecule has 2 aromatic carbocycles. The van der Waals surface area contributed by atoms with E-state index >= 15 is 0 Å². The van der Waals surface area contributed by atoms with Crippen LogP contribution in [0.15, 0.2) is 54.6 Å². The van der Waals surface area contributed by atoms with Crippen molar-refractivity contribution in [3.05, 3.63) is 60.2 Å². The number of esters is 1. The van der Waals surface area contributed by atoms with Crippen molar-refractivity contribution in [2.24, 2.45) is 0 Å². The molecule has 2 saturated heterocycles. The first-order valence-corrected chi connectivity index (χ1v) is 12.0. The molecule has 2 aliphatic rings. The van der Waals surface area contributed by atoms with Gasteiger partial charge in [-0.3, -0.25) is 19.2 Å². The van der Waals surface area contributed by atoms with Gasteiger partial charge in [-0.15, -0.1) is 0 Å². The number of methoxy groups -OCH3 is 1. The molecule has 0 unspecified atom stereocenters. The fourth-order valence-corrected chi connectivity index (χ4v) is 4.97. The number of ether oxygens (including phenoxy) is 1. The number of nitrogens with one attached hydrogen (secondary N) is 2. The monoisotopic (exact) mass is 477 g/mol. The third kappa shape index (κ3) is 5.88. The van der Waals surface area contributed by atoms with Crippen LogP contribution in [0.2, 0.25) is 0 Å². The summed E-state index contributed by atoms with van der Waals surface area (Å²) in [6, 6.07) is 17.5. The Morgan fingerprint density at radius 3 is 2.43 bits per heavy atom. The zero-order chi connectivity index (χ0) is 24.8. The lowest BCUT2D eigenvalue weighted by molar-refractivity contribution is -0.150. The van der Waals surface area contributed by atoms with E-state index in [4.69, 9.17) is 4.74 Å².